The lowest BCUT2D eigenvalue weighted by molar-refractivity contribution is -0.126. The maximum absolute atomic E-state index is 12.3. The van der Waals surface area contributed by atoms with Crippen LogP contribution in [0, 0.1) is 5.92 Å². The van der Waals surface area contributed by atoms with Crippen LogP contribution >= 0.6 is 0 Å². The van der Waals surface area contributed by atoms with Crippen molar-refractivity contribution in [3.8, 4) is 11.3 Å². The van der Waals surface area contributed by atoms with Crippen LogP contribution in [0.2, 0.25) is 0 Å². The summed E-state index contributed by atoms with van der Waals surface area (Å²) in [6, 6.07) is 11.5. The molecule has 0 unspecified atom stereocenters. The quantitative estimate of drug-likeness (QED) is 0.831. The molecule has 1 saturated heterocycles. The van der Waals surface area contributed by atoms with Gasteiger partial charge < -0.3 is 9.84 Å². The third-order valence-electron chi connectivity index (χ3n) is 4.65. The fourth-order valence-electron chi connectivity index (χ4n) is 3.04. The van der Waals surface area contributed by atoms with E-state index in [2.05, 4.69) is 10.5 Å². The number of nitrogens with one attached hydrogen (secondary N) is 1. The van der Waals surface area contributed by atoms with Gasteiger partial charge in [0.2, 0.25) is 15.9 Å². The first-order valence-corrected chi connectivity index (χ1v) is 10.4. The molecule has 1 fully saturated rings. The van der Waals surface area contributed by atoms with Crippen LogP contribution in [0.25, 0.3) is 11.3 Å². The highest BCUT2D eigenvalue weighted by molar-refractivity contribution is 7.89. The molecule has 0 spiro atoms. The molecule has 2 heterocycles. The molecule has 2 aromatic rings. The number of hydrogen-bond donors (Lipinski definition) is 1. The standard InChI is InChI=1S/C18H23N3O4S/c1-2-26(23,24)21-10-8-15(9-11-21)18(22)19-13-16-12-17(20-25-16)14-6-4-3-5-7-14/h3-7,12,15H,2,8-11,13H2,1H3,(H,19,22). The number of sulfonamides is 1. The van der Waals surface area contributed by atoms with Crippen molar-refractivity contribution in [1.29, 1.82) is 0 Å². The Labute approximate surface area is 153 Å². The van der Waals surface area contributed by atoms with Crippen LogP contribution < -0.4 is 5.32 Å². The summed E-state index contributed by atoms with van der Waals surface area (Å²) >= 11 is 0. The van der Waals surface area contributed by atoms with E-state index in [1.54, 1.807) is 6.92 Å². The van der Waals surface area contributed by atoms with E-state index in [9.17, 15) is 13.2 Å². The van der Waals surface area contributed by atoms with Gasteiger partial charge in [-0.15, -0.1) is 0 Å². The fraction of sp³-hybridized carbons (Fsp3) is 0.444. The Balaban J connectivity index is 1.50. The molecule has 0 bridgehead atoms. The Hall–Kier alpha value is -2.19. The molecule has 0 atom stereocenters. The molecule has 3 rings (SSSR count). The number of nitrogens with zero attached hydrogens (tertiary/aromatic N) is 2. The molecule has 0 aliphatic carbocycles. The molecule has 0 radical (unpaired) electrons. The van der Waals surface area contributed by atoms with Crippen molar-refractivity contribution in [2.75, 3.05) is 18.8 Å². The van der Waals surface area contributed by atoms with Gasteiger partial charge in [0.1, 0.15) is 5.69 Å². The van der Waals surface area contributed by atoms with E-state index in [1.165, 1.54) is 4.31 Å². The number of benzene rings is 1. The Morgan fingerprint density at radius 3 is 2.62 bits per heavy atom. The SMILES string of the molecule is CCS(=O)(=O)N1CCC(C(=O)NCc2cc(-c3ccccc3)no2)CC1. The summed E-state index contributed by atoms with van der Waals surface area (Å²) < 4.78 is 30.5. The van der Waals surface area contributed by atoms with Crippen LogP contribution in [0.15, 0.2) is 40.9 Å². The second kappa shape index (κ2) is 8.01. The lowest BCUT2D eigenvalue weighted by Gasteiger charge is -2.30. The van der Waals surface area contributed by atoms with Gasteiger partial charge in [-0.2, -0.15) is 0 Å². The Kier molecular flexibility index (Phi) is 5.73. The van der Waals surface area contributed by atoms with Gasteiger partial charge in [-0.3, -0.25) is 4.79 Å². The highest BCUT2D eigenvalue weighted by Crippen LogP contribution is 2.21. The summed E-state index contributed by atoms with van der Waals surface area (Å²) in [7, 11) is -3.17. The van der Waals surface area contributed by atoms with Crippen LogP contribution in [-0.4, -0.2) is 42.6 Å². The smallest absolute Gasteiger partial charge is 0.223 e. The van der Waals surface area contributed by atoms with E-state index in [-0.39, 0.29) is 24.1 Å². The molecular weight excluding hydrogens is 354 g/mol. The van der Waals surface area contributed by atoms with Crippen LogP contribution in [0.1, 0.15) is 25.5 Å². The molecule has 1 N–H and O–H groups in total. The molecule has 26 heavy (non-hydrogen) atoms. The first-order valence-electron chi connectivity index (χ1n) is 8.76. The number of carbonyl (C=O) groups is 1. The van der Waals surface area contributed by atoms with Gasteiger partial charge >= 0.3 is 0 Å². The van der Waals surface area contributed by atoms with E-state index in [0.29, 0.717) is 31.7 Å². The summed E-state index contributed by atoms with van der Waals surface area (Å²) in [4.78, 5) is 12.3. The largest absolute Gasteiger partial charge is 0.359 e. The molecule has 1 amide bonds. The second-order valence-corrected chi connectivity index (χ2v) is 8.59. The topological polar surface area (TPSA) is 92.5 Å². The van der Waals surface area contributed by atoms with Crippen LogP contribution in [0.4, 0.5) is 0 Å². The molecule has 7 nitrogen and oxygen atoms in total. The normalized spacial score (nSPS) is 16.5. The Bertz CT molecular complexity index is 840. The minimum Gasteiger partial charge on any atom is -0.359 e. The van der Waals surface area contributed by atoms with Gasteiger partial charge in [0.15, 0.2) is 5.76 Å². The van der Waals surface area contributed by atoms with E-state index < -0.39 is 10.0 Å². The van der Waals surface area contributed by atoms with E-state index in [0.717, 1.165) is 11.3 Å². The van der Waals surface area contributed by atoms with Crippen molar-refractivity contribution in [2.24, 2.45) is 5.92 Å². The number of aromatic nitrogens is 1. The summed E-state index contributed by atoms with van der Waals surface area (Å²) in [5.41, 5.74) is 1.69. The fourth-order valence-corrected chi connectivity index (χ4v) is 4.17. The Morgan fingerprint density at radius 1 is 1.27 bits per heavy atom. The van der Waals surface area contributed by atoms with Crippen LogP contribution in [0.3, 0.4) is 0 Å². The maximum Gasteiger partial charge on any atom is 0.223 e. The first kappa shape index (κ1) is 18.6. The molecular formula is C18H23N3O4S. The van der Waals surface area contributed by atoms with Crippen LogP contribution in [0.5, 0.6) is 0 Å². The number of amides is 1. The highest BCUT2D eigenvalue weighted by Gasteiger charge is 2.30. The van der Waals surface area contributed by atoms with Crippen LogP contribution in [-0.2, 0) is 21.4 Å². The van der Waals surface area contributed by atoms with E-state index >= 15 is 0 Å². The van der Waals surface area contributed by atoms with Gasteiger partial charge in [0.25, 0.3) is 0 Å². The summed E-state index contributed by atoms with van der Waals surface area (Å²) in [5, 5.41) is 6.88. The Morgan fingerprint density at radius 2 is 1.96 bits per heavy atom. The van der Waals surface area contributed by atoms with E-state index in [4.69, 9.17) is 4.52 Å². The summed E-state index contributed by atoms with van der Waals surface area (Å²) in [5.74, 6) is 0.438. The van der Waals surface area contributed by atoms with Crippen molar-refractivity contribution in [3.63, 3.8) is 0 Å². The predicted octanol–water partition coefficient (Wildman–Crippen LogP) is 2.02. The molecule has 1 aromatic carbocycles. The predicted molar refractivity (Wildman–Crippen MR) is 97.5 cm³/mol. The van der Waals surface area contributed by atoms with E-state index in [1.807, 2.05) is 36.4 Å². The van der Waals surface area contributed by atoms with Crippen molar-refractivity contribution >= 4 is 15.9 Å². The second-order valence-electron chi connectivity index (χ2n) is 6.34. The molecule has 8 heteroatoms. The third kappa shape index (κ3) is 4.31. The molecule has 1 aromatic heterocycles. The maximum atomic E-state index is 12.3. The zero-order valence-corrected chi connectivity index (χ0v) is 15.5. The third-order valence-corrected chi connectivity index (χ3v) is 6.53. The monoisotopic (exact) mass is 377 g/mol. The minimum absolute atomic E-state index is 0.0730. The molecule has 140 valence electrons. The lowest BCUT2D eigenvalue weighted by atomic mass is 9.97. The summed E-state index contributed by atoms with van der Waals surface area (Å²) in [6.45, 7) is 2.70. The van der Waals surface area contributed by atoms with Gasteiger partial charge in [-0.25, -0.2) is 12.7 Å². The zero-order chi connectivity index (χ0) is 18.6. The number of hydrogen-bond acceptors (Lipinski definition) is 5. The van der Waals surface area contributed by atoms with Gasteiger partial charge in [-0.05, 0) is 19.8 Å². The average Bonchev–Trinajstić information content (AvgIpc) is 3.16. The molecule has 1 aliphatic rings. The van der Waals surface area contributed by atoms with Crippen molar-refractivity contribution in [2.45, 2.75) is 26.3 Å². The number of rotatable bonds is 6. The van der Waals surface area contributed by atoms with Gasteiger partial charge in [0.05, 0.1) is 12.3 Å². The zero-order valence-electron chi connectivity index (χ0n) is 14.7. The number of piperidine rings is 1. The highest BCUT2D eigenvalue weighted by atomic mass is 32.2. The lowest BCUT2D eigenvalue weighted by Crippen LogP contribution is -2.43. The average molecular weight is 377 g/mol. The van der Waals surface area contributed by atoms with Crippen molar-refractivity contribution < 1.29 is 17.7 Å². The van der Waals surface area contributed by atoms with Gasteiger partial charge in [0, 0.05) is 30.6 Å². The summed E-state index contributed by atoms with van der Waals surface area (Å²) in [6.07, 6.45) is 1.08. The van der Waals surface area contributed by atoms with Crippen molar-refractivity contribution in [1.82, 2.24) is 14.8 Å². The van der Waals surface area contributed by atoms with Crippen molar-refractivity contribution in [3.05, 3.63) is 42.2 Å². The molecule has 0 saturated carbocycles. The minimum atomic E-state index is -3.17. The number of carbonyl (C=O) groups excluding carboxylic acids is 1. The molecule has 1 aliphatic heterocycles. The van der Waals surface area contributed by atoms with Gasteiger partial charge in [-0.1, -0.05) is 35.5 Å². The first-order chi connectivity index (χ1) is 12.5.